The number of sulfonamides is 1. The van der Waals surface area contributed by atoms with E-state index in [9.17, 15) is 18.0 Å². The summed E-state index contributed by atoms with van der Waals surface area (Å²) in [6, 6.07) is 17.0. The monoisotopic (exact) mass is 438 g/mol. The molecule has 158 valence electrons. The Bertz CT molecular complexity index is 1410. The molecule has 1 heterocycles. The highest BCUT2D eigenvalue weighted by molar-refractivity contribution is 7.89. The predicted octanol–water partition coefficient (Wildman–Crippen LogP) is 2.96. The van der Waals surface area contributed by atoms with E-state index in [2.05, 4.69) is 5.32 Å². The first-order valence-corrected chi connectivity index (χ1v) is 10.8. The Balaban J connectivity index is 1.41. The molecule has 8 nitrogen and oxygen atoms in total. The minimum atomic E-state index is -3.90. The van der Waals surface area contributed by atoms with Crippen molar-refractivity contribution in [1.82, 2.24) is 0 Å². The Kier molecular flexibility index (Phi) is 5.45. The zero-order valence-corrected chi connectivity index (χ0v) is 17.0. The lowest BCUT2D eigenvalue weighted by molar-refractivity contribution is -0.146. The third kappa shape index (κ3) is 4.57. The van der Waals surface area contributed by atoms with E-state index in [0.29, 0.717) is 11.1 Å². The summed E-state index contributed by atoms with van der Waals surface area (Å²) in [4.78, 5) is 24.2. The summed E-state index contributed by atoms with van der Waals surface area (Å²) in [6.45, 7) is -0.519. The molecule has 9 heteroatoms. The molecule has 0 radical (unpaired) electrons. The summed E-state index contributed by atoms with van der Waals surface area (Å²) >= 11 is 0. The van der Waals surface area contributed by atoms with E-state index >= 15 is 0 Å². The number of hydrogen-bond donors (Lipinski definition) is 2. The van der Waals surface area contributed by atoms with Gasteiger partial charge in [0.15, 0.2) is 6.61 Å². The summed E-state index contributed by atoms with van der Waals surface area (Å²) in [5, 5.41) is 10.4. The number of fused-ring (bicyclic) bond motifs is 3. The van der Waals surface area contributed by atoms with Gasteiger partial charge in [0.25, 0.3) is 5.91 Å². The molecular weight excluding hydrogens is 420 g/mol. The molecule has 1 amide bonds. The number of nitrogens with two attached hydrogens (primary N) is 1. The molecule has 0 aliphatic rings. The van der Waals surface area contributed by atoms with E-state index in [1.165, 1.54) is 30.5 Å². The van der Waals surface area contributed by atoms with Gasteiger partial charge in [0, 0.05) is 16.6 Å². The quantitative estimate of drug-likeness (QED) is 0.445. The van der Waals surface area contributed by atoms with Gasteiger partial charge < -0.3 is 14.5 Å². The van der Waals surface area contributed by atoms with Gasteiger partial charge in [0.05, 0.1) is 17.6 Å². The highest BCUT2D eigenvalue weighted by atomic mass is 32.2. The van der Waals surface area contributed by atoms with Gasteiger partial charge >= 0.3 is 5.97 Å². The topological polar surface area (TPSA) is 129 Å². The van der Waals surface area contributed by atoms with Crippen LogP contribution in [0.15, 0.2) is 76.2 Å². The second-order valence-electron chi connectivity index (χ2n) is 6.88. The Labute approximate surface area is 177 Å². The van der Waals surface area contributed by atoms with E-state index in [4.69, 9.17) is 14.3 Å². The van der Waals surface area contributed by atoms with Gasteiger partial charge in [0.2, 0.25) is 10.0 Å². The van der Waals surface area contributed by atoms with Crippen molar-refractivity contribution in [2.75, 3.05) is 11.9 Å². The van der Waals surface area contributed by atoms with E-state index in [1.807, 2.05) is 36.4 Å². The maximum atomic E-state index is 12.3. The van der Waals surface area contributed by atoms with Gasteiger partial charge in [-0.3, -0.25) is 9.59 Å². The van der Waals surface area contributed by atoms with Crippen molar-refractivity contribution in [3.63, 3.8) is 0 Å². The molecule has 0 spiro atoms. The first-order valence-electron chi connectivity index (χ1n) is 9.27. The second-order valence-corrected chi connectivity index (χ2v) is 8.44. The van der Waals surface area contributed by atoms with Crippen molar-refractivity contribution in [3.05, 3.63) is 72.5 Å². The molecule has 3 aromatic carbocycles. The van der Waals surface area contributed by atoms with E-state index in [-0.39, 0.29) is 17.0 Å². The normalized spacial score (nSPS) is 11.5. The summed E-state index contributed by atoms with van der Waals surface area (Å²) in [7, 11) is -3.90. The predicted molar refractivity (Wildman–Crippen MR) is 115 cm³/mol. The molecule has 0 aliphatic heterocycles. The van der Waals surface area contributed by atoms with E-state index in [1.54, 1.807) is 0 Å². The molecule has 0 saturated carbocycles. The molecule has 4 rings (SSSR count). The minimum Gasteiger partial charge on any atom is -0.464 e. The number of rotatable bonds is 6. The Morgan fingerprint density at radius 3 is 2.65 bits per heavy atom. The molecule has 0 atom stereocenters. The zero-order chi connectivity index (χ0) is 22.0. The molecular formula is C22H18N2O6S. The summed E-state index contributed by atoms with van der Waals surface area (Å²) < 4.78 is 33.4. The SMILES string of the molecule is NS(=O)(=O)c1cccc(NC(=O)COC(=O)Cc2coc3ccc4ccccc4c23)c1. The number of anilines is 1. The molecule has 31 heavy (non-hydrogen) atoms. The fraction of sp³-hybridized carbons (Fsp3) is 0.0909. The Morgan fingerprint density at radius 2 is 1.84 bits per heavy atom. The number of benzene rings is 3. The number of hydrogen-bond acceptors (Lipinski definition) is 6. The molecule has 0 fully saturated rings. The molecule has 0 unspecified atom stereocenters. The van der Waals surface area contributed by atoms with Crippen molar-refractivity contribution in [1.29, 1.82) is 0 Å². The summed E-state index contributed by atoms with van der Waals surface area (Å²) in [5.74, 6) is -1.20. The number of ether oxygens (including phenoxy) is 1. The van der Waals surface area contributed by atoms with E-state index in [0.717, 1.165) is 16.2 Å². The highest BCUT2D eigenvalue weighted by Crippen LogP contribution is 2.30. The van der Waals surface area contributed by atoms with Crippen LogP contribution in [-0.2, 0) is 30.8 Å². The van der Waals surface area contributed by atoms with E-state index < -0.39 is 28.5 Å². The van der Waals surface area contributed by atoms with Gasteiger partial charge in [-0.25, -0.2) is 13.6 Å². The van der Waals surface area contributed by atoms with Crippen molar-refractivity contribution in [3.8, 4) is 0 Å². The maximum Gasteiger partial charge on any atom is 0.310 e. The summed E-state index contributed by atoms with van der Waals surface area (Å²) in [5.41, 5.74) is 1.55. The standard InChI is InChI=1S/C22H18N2O6S/c23-31(27,28)17-6-3-5-16(11-17)24-20(25)13-30-21(26)10-15-12-29-19-9-8-14-4-1-2-7-18(14)22(15)19/h1-9,11-12H,10,13H2,(H,24,25)(H2,23,27,28). The van der Waals surface area contributed by atoms with Crippen molar-refractivity contribution in [2.24, 2.45) is 5.14 Å². The number of primary sulfonamides is 1. The zero-order valence-electron chi connectivity index (χ0n) is 16.2. The fourth-order valence-electron chi connectivity index (χ4n) is 3.31. The number of furan rings is 1. The summed E-state index contributed by atoms with van der Waals surface area (Å²) in [6.07, 6.45) is 1.45. The highest BCUT2D eigenvalue weighted by Gasteiger charge is 2.15. The van der Waals surface area contributed by atoms with Crippen LogP contribution in [-0.4, -0.2) is 26.9 Å². The number of amides is 1. The molecule has 0 bridgehead atoms. The minimum absolute atomic E-state index is 0.0603. The van der Waals surface area contributed by atoms with Crippen LogP contribution >= 0.6 is 0 Å². The Morgan fingerprint density at radius 1 is 1.03 bits per heavy atom. The average Bonchev–Trinajstić information content (AvgIpc) is 3.15. The largest absolute Gasteiger partial charge is 0.464 e. The number of esters is 1. The first-order chi connectivity index (χ1) is 14.8. The third-order valence-corrected chi connectivity index (χ3v) is 5.60. The molecule has 0 aliphatic carbocycles. The molecule has 4 aromatic rings. The van der Waals surface area contributed by atoms with Gasteiger partial charge in [0.1, 0.15) is 5.58 Å². The van der Waals surface area contributed by atoms with Crippen LogP contribution in [0.1, 0.15) is 5.56 Å². The van der Waals surface area contributed by atoms with Crippen molar-refractivity contribution < 1.29 is 27.2 Å². The van der Waals surface area contributed by atoms with Gasteiger partial charge in [-0.15, -0.1) is 0 Å². The van der Waals surface area contributed by atoms with Crippen LogP contribution in [0.3, 0.4) is 0 Å². The smallest absolute Gasteiger partial charge is 0.310 e. The van der Waals surface area contributed by atoms with Crippen LogP contribution < -0.4 is 10.5 Å². The lowest BCUT2D eigenvalue weighted by Gasteiger charge is -2.08. The molecule has 3 N–H and O–H groups in total. The maximum absolute atomic E-state index is 12.3. The molecule has 0 saturated heterocycles. The number of carbonyl (C=O) groups excluding carboxylic acids is 2. The van der Waals surface area contributed by atoms with Crippen LogP contribution in [0.25, 0.3) is 21.7 Å². The fourth-order valence-corrected chi connectivity index (χ4v) is 3.86. The van der Waals surface area contributed by atoms with Crippen LogP contribution in [0.5, 0.6) is 0 Å². The second kappa shape index (κ2) is 8.21. The van der Waals surface area contributed by atoms with Crippen LogP contribution in [0.2, 0.25) is 0 Å². The van der Waals surface area contributed by atoms with Crippen molar-refractivity contribution >= 4 is 49.3 Å². The van der Waals surface area contributed by atoms with Gasteiger partial charge in [-0.2, -0.15) is 0 Å². The van der Waals surface area contributed by atoms with Gasteiger partial charge in [-0.05, 0) is 35.0 Å². The lowest BCUT2D eigenvalue weighted by atomic mass is 10.0. The van der Waals surface area contributed by atoms with Crippen LogP contribution in [0, 0.1) is 0 Å². The average molecular weight is 438 g/mol. The number of nitrogens with one attached hydrogen (secondary N) is 1. The van der Waals surface area contributed by atoms with Gasteiger partial charge in [-0.1, -0.05) is 36.4 Å². The number of carbonyl (C=O) groups is 2. The first kappa shape index (κ1) is 20.6. The Hall–Kier alpha value is -3.69. The van der Waals surface area contributed by atoms with Crippen molar-refractivity contribution in [2.45, 2.75) is 11.3 Å². The van der Waals surface area contributed by atoms with Crippen LogP contribution in [0.4, 0.5) is 5.69 Å². The third-order valence-electron chi connectivity index (χ3n) is 4.69. The lowest BCUT2D eigenvalue weighted by Crippen LogP contribution is -2.22. The molecule has 1 aromatic heterocycles.